The topological polar surface area (TPSA) is 105 Å². The Kier molecular flexibility index (Phi) is 6.10. The van der Waals surface area contributed by atoms with Gasteiger partial charge < -0.3 is 15.0 Å². The zero-order valence-corrected chi connectivity index (χ0v) is 14.2. The number of imide groups is 1. The van der Waals surface area contributed by atoms with Crippen LogP contribution in [0.2, 0.25) is 0 Å². The maximum atomic E-state index is 11.9. The van der Waals surface area contributed by atoms with Crippen molar-refractivity contribution in [3.05, 3.63) is 34.9 Å². The summed E-state index contributed by atoms with van der Waals surface area (Å²) in [6.07, 6.45) is 0.667. The first-order valence-corrected chi connectivity index (χ1v) is 7.89. The van der Waals surface area contributed by atoms with E-state index in [-0.39, 0.29) is 18.9 Å². The van der Waals surface area contributed by atoms with Gasteiger partial charge in [0.25, 0.3) is 0 Å². The molecule has 25 heavy (non-hydrogen) atoms. The SMILES string of the molecule is COC(=O)NCc1ccc(CN(C=O)C2CCC(=O)NC2=O)c(C)c1. The number of ether oxygens (including phenoxy) is 1. The molecule has 0 aromatic heterocycles. The van der Waals surface area contributed by atoms with E-state index >= 15 is 0 Å². The fourth-order valence-electron chi connectivity index (χ4n) is 2.71. The standard InChI is InChI=1S/C17H21N3O5/c1-11-7-12(8-18-17(24)25-2)3-4-13(11)9-20(10-21)14-5-6-15(22)19-16(14)23/h3-4,7,10,14H,5-6,8-9H2,1-2H3,(H,18,24)(H,19,22,23). The van der Waals surface area contributed by atoms with Crippen LogP contribution >= 0.6 is 0 Å². The summed E-state index contributed by atoms with van der Waals surface area (Å²) in [5.74, 6) is -0.759. The number of rotatable bonds is 6. The number of methoxy groups -OCH3 is 1. The third-order valence-corrected chi connectivity index (χ3v) is 4.13. The van der Waals surface area contributed by atoms with Crippen LogP contribution < -0.4 is 10.6 Å². The third-order valence-electron chi connectivity index (χ3n) is 4.13. The number of nitrogens with one attached hydrogen (secondary N) is 2. The summed E-state index contributed by atoms with van der Waals surface area (Å²) in [6, 6.07) is 4.95. The molecule has 0 spiro atoms. The number of nitrogens with zero attached hydrogens (tertiary/aromatic N) is 1. The monoisotopic (exact) mass is 347 g/mol. The summed E-state index contributed by atoms with van der Waals surface area (Å²) in [6.45, 7) is 2.50. The van der Waals surface area contributed by atoms with E-state index in [9.17, 15) is 19.2 Å². The van der Waals surface area contributed by atoms with Crippen molar-refractivity contribution in [2.75, 3.05) is 7.11 Å². The van der Waals surface area contributed by atoms with E-state index in [2.05, 4.69) is 15.4 Å². The van der Waals surface area contributed by atoms with Gasteiger partial charge in [0.1, 0.15) is 6.04 Å². The summed E-state index contributed by atoms with van der Waals surface area (Å²) < 4.78 is 4.52. The molecule has 0 saturated carbocycles. The Hall–Kier alpha value is -2.90. The minimum atomic E-state index is -0.643. The number of alkyl carbamates (subject to hydrolysis) is 1. The van der Waals surface area contributed by atoms with Gasteiger partial charge in [-0.15, -0.1) is 0 Å². The highest BCUT2D eigenvalue weighted by Crippen LogP contribution is 2.18. The molecule has 8 nitrogen and oxygen atoms in total. The van der Waals surface area contributed by atoms with E-state index in [1.54, 1.807) is 0 Å². The van der Waals surface area contributed by atoms with Crippen molar-refractivity contribution in [3.63, 3.8) is 0 Å². The van der Waals surface area contributed by atoms with Crippen molar-refractivity contribution in [2.45, 2.75) is 38.9 Å². The Balaban J connectivity index is 2.05. The first-order chi connectivity index (χ1) is 11.9. The van der Waals surface area contributed by atoms with E-state index in [0.717, 1.165) is 16.7 Å². The number of carbonyl (C=O) groups excluding carboxylic acids is 4. The number of hydrogen-bond acceptors (Lipinski definition) is 5. The highest BCUT2D eigenvalue weighted by Gasteiger charge is 2.31. The van der Waals surface area contributed by atoms with Crippen LogP contribution in [0, 0.1) is 6.92 Å². The van der Waals surface area contributed by atoms with Gasteiger partial charge in [0.15, 0.2) is 0 Å². The Morgan fingerprint density at radius 2 is 2.20 bits per heavy atom. The van der Waals surface area contributed by atoms with Gasteiger partial charge in [0.05, 0.1) is 7.11 Å². The maximum absolute atomic E-state index is 11.9. The molecule has 1 saturated heterocycles. The molecule has 134 valence electrons. The number of hydrogen-bond donors (Lipinski definition) is 2. The van der Waals surface area contributed by atoms with Crippen molar-refractivity contribution >= 4 is 24.3 Å². The average molecular weight is 347 g/mol. The molecule has 2 rings (SSSR count). The van der Waals surface area contributed by atoms with Gasteiger partial charge in [0, 0.05) is 19.5 Å². The normalized spacial score (nSPS) is 16.8. The summed E-state index contributed by atoms with van der Waals surface area (Å²) in [5, 5.41) is 4.85. The minimum absolute atomic E-state index is 0.220. The predicted octanol–water partition coefficient (Wildman–Crippen LogP) is 0.615. The van der Waals surface area contributed by atoms with Crippen LogP contribution in [0.15, 0.2) is 18.2 Å². The number of benzene rings is 1. The van der Waals surface area contributed by atoms with Crippen molar-refractivity contribution < 1.29 is 23.9 Å². The number of piperidine rings is 1. The molecule has 1 atom stereocenters. The van der Waals surface area contributed by atoms with E-state index in [0.29, 0.717) is 19.4 Å². The Morgan fingerprint density at radius 3 is 2.80 bits per heavy atom. The molecule has 0 bridgehead atoms. The van der Waals surface area contributed by atoms with E-state index in [4.69, 9.17) is 0 Å². The molecule has 1 aliphatic heterocycles. The van der Waals surface area contributed by atoms with Crippen LogP contribution in [0.1, 0.15) is 29.5 Å². The van der Waals surface area contributed by atoms with E-state index in [1.807, 2.05) is 25.1 Å². The maximum Gasteiger partial charge on any atom is 0.407 e. The lowest BCUT2D eigenvalue weighted by molar-refractivity contribution is -0.141. The van der Waals surface area contributed by atoms with Gasteiger partial charge in [-0.2, -0.15) is 0 Å². The Labute approximate surface area is 145 Å². The molecule has 1 aromatic carbocycles. The molecule has 1 aromatic rings. The van der Waals surface area contributed by atoms with Gasteiger partial charge in [-0.3, -0.25) is 19.7 Å². The van der Waals surface area contributed by atoms with Gasteiger partial charge in [0.2, 0.25) is 18.2 Å². The van der Waals surface area contributed by atoms with Crippen molar-refractivity contribution in [1.82, 2.24) is 15.5 Å². The second-order valence-corrected chi connectivity index (χ2v) is 5.85. The third kappa shape index (κ3) is 4.79. The molecule has 0 aliphatic carbocycles. The van der Waals surface area contributed by atoms with Crippen LogP contribution in [-0.2, 0) is 32.2 Å². The van der Waals surface area contributed by atoms with Crippen LogP contribution in [-0.4, -0.2) is 42.4 Å². The molecule has 2 N–H and O–H groups in total. The fraction of sp³-hybridized carbons (Fsp3) is 0.412. The van der Waals surface area contributed by atoms with Crippen molar-refractivity contribution in [2.24, 2.45) is 0 Å². The zero-order chi connectivity index (χ0) is 18.4. The fourth-order valence-corrected chi connectivity index (χ4v) is 2.71. The van der Waals surface area contributed by atoms with E-state index in [1.165, 1.54) is 12.0 Å². The Morgan fingerprint density at radius 1 is 1.44 bits per heavy atom. The number of aryl methyl sites for hydroxylation is 1. The van der Waals surface area contributed by atoms with Crippen LogP contribution in [0.4, 0.5) is 4.79 Å². The van der Waals surface area contributed by atoms with Gasteiger partial charge in [-0.25, -0.2) is 4.79 Å². The summed E-state index contributed by atoms with van der Waals surface area (Å²) in [4.78, 5) is 47.1. The molecule has 1 fully saturated rings. The lowest BCUT2D eigenvalue weighted by atomic mass is 10.0. The van der Waals surface area contributed by atoms with Crippen molar-refractivity contribution in [3.8, 4) is 0 Å². The lowest BCUT2D eigenvalue weighted by Gasteiger charge is -2.30. The molecule has 8 heteroatoms. The minimum Gasteiger partial charge on any atom is -0.453 e. The smallest absolute Gasteiger partial charge is 0.407 e. The molecule has 1 heterocycles. The van der Waals surface area contributed by atoms with Crippen LogP contribution in [0.5, 0.6) is 0 Å². The molecular weight excluding hydrogens is 326 g/mol. The summed E-state index contributed by atoms with van der Waals surface area (Å²) in [5.41, 5.74) is 2.72. The van der Waals surface area contributed by atoms with Gasteiger partial charge >= 0.3 is 6.09 Å². The molecular formula is C17H21N3O5. The molecule has 1 unspecified atom stereocenters. The first-order valence-electron chi connectivity index (χ1n) is 7.89. The highest BCUT2D eigenvalue weighted by molar-refractivity contribution is 6.00. The van der Waals surface area contributed by atoms with Crippen LogP contribution in [0.3, 0.4) is 0 Å². The summed E-state index contributed by atoms with van der Waals surface area (Å²) >= 11 is 0. The summed E-state index contributed by atoms with van der Waals surface area (Å²) in [7, 11) is 1.30. The molecule has 4 amide bonds. The van der Waals surface area contributed by atoms with Gasteiger partial charge in [-0.05, 0) is 30.0 Å². The van der Waals surface area contributed by atoms with Crippen LogP contribution in [0.25, 0.3) is 0 Å². The molecule has 1 aliphatic rings. The zero-order valence-electron chi connectivity index (χ0n) is 14.2. The highest BCUT2D eigenvalue weighted by atomic mass is 16.5. The van der Waals surface area contributed by atoms with E-state index < -0.39 is 18.0 Å². The second-order valence-electron chi connectivity index (χ2n) is 5.85. The lowest BCUT2D eigenvalue weighted by Crippen LogP contribution is -2.51. The predicted molar refractivity (Wildman–Crippen MR) is 88.2 cm³/mol. The average Bonchev–Trinajstić information content (AvgIpc) is 2.59. The van der Waals surface area contributed by atoms with Gasteiger partial charge in [-0.1, -0.05) is 18.2 Å². The number of carbonyl (C=O) groups is 4. The van der Waals surface area contributed by atoms with Crippen molar-refractivity contribution in [1.29, 1.82) is 0 Å². The molecule has 0 radical (unpaired) electrons. The Bertz CT molecular complexity index is 689. The number of amides is 4. The first kappa shape index (κ1) is 18.4. The largest absolute Gasteiger partial charge is 0.453 e. The quantitative estimate of drug-likeness (QED) is 0.580. The second kappa shape index (κ2) is 8.27.